The van der Waals surface area contributed by atoms with Crippen LogP contribution in [0.5, 0.6) is 0 Å². The molecule has 5 fully saturated rings. The predicted octanol–water partition coefficient (Wildman–Crippen LogP) is 8.22. The average molecular weight is 636 g/mol. The van der Waals surface area contributed by atoms with Gasteiger partial charge in [-0.15, -0.1) is 11.8 Å². The Hall–Kier alpha value is -3.81. The Balaban J connectivity index is 1.05. The summed E-state index contributed by atoms with van der Waals surface area (Å²) in [5.74, 6) is 2.03. The standard InChI is InChI=1S/C37H34ClN3O3S/c38-28-7-11-30(12-8-28)45-14-13-40-22-26(31-3-1-2-4-33(31)40)18-32-34(42)39-36(44)41(35(32)43)29-9-5-27(6-10-29)37-19-23-15-24(20-37)17-25(16-23)21-37/h1-12,18,22-25H,13-17,19-21H2,(H,39,42,44)/b32-18+. The van der Waals surface area contributed by atoms with E-state index in [1.54, 1.807) is 17.8 Å². The molecular weight excluding hydrogens is 602 g/mol. The molecule has 0 atom stereocenters. The third-order valence-corrected chi connectivity index (χ3v) is 11.7. The van der Waals surface area contributed by atoms with Crippen LogP contribution in [-0.4, -0.2) is 28.2 Å². The number of barbiturate groups is 1. The Morgan fingerprint density at radius 2 is 1.53 bits per heavy atom. The number of benzene rings is 3. The van der Waals surface area contributed by atoms with Crippen molar-refractivity contribution in [2.24, 2.45) is 17.8 Å². The highest BCUT2D eigenvalue weighted by atomic mass is 35.5. The summed E-state index contributed by atoms with van der Waals surface area (Å²) in [6.07, 6.45) is 11.5. The fourth-order valence-corrected chi connectivity index (χ4v) is 9.82. The normalized spacial score (nSPS) is 26.7. The number of fused-ring (bicyclic) bond motifs is 1. The molecule has 1 aromatic heterocycles. The SMILES string of the molecule is O=C1NC(=O)N(c2ccc(C34CC5CC(CC(C5)C3)C4)cc2)C(=O)/C1=C/c1cn(CCSc2ccc(Cl)cc2)c2ccccc12. The molecule has 4 aromatic rings. The molecule has 45 heavy (non-hydrogen) atoms. The van der Waals surface area contributed by atoms with Gasteiger partial charge in [0.15, 0.2) is 0 Å². The third kappa shape index (κ3) is 5.20. The van der Waals surface area contributed by atoms with Crippen LogP contribution < -0.4 is 10.2 Å². The zero-order valence-corrected chi connectivity index (χ0v) is 26.4. The lowest BCUT2D eigenvalue weighted by atomic mass is 9.48. The summed E-state index contributed by atoms with van der Waals surface area (Å²) >= 11 is 7.76. The maximum atomic E-state index is 13.8. The van der Waals surface area contributed by atoms with Gasteiger partial charge in [-0.25, -0.2) is 9.69 Å². The van der Waals surface area contributed by atoms with Gasteiger partial charge < -0.3 is 4.57 Å². The van der Waals surface area contributed by atoms with Crippen molar-refractivity contribution in [3.8, 4) is 0 Å². The summed E-state index contributed by atoms with van der Waals surface area (Å²) < 4.78 is 2.14. The van der Waals surface area contributed by atoms with Crippen LogP contribution in [0.25, 0.3) is 17.0 Å². The minimum absolute atomic E-state index is 0.0572. The van der Waals surface area contributed by atoms with Crippen LogP contribution in [0.3, 0.4) is 0 Å². The van der Waals surface area contributed by atoms with Gasteiger partial charge in [-0.3, -0.25) is 14.9 Å². The Morgan fingerprint density at radius 3 is 2.22 bits per heavy atom. The molecule has 0 unspecified atom stereocenters. The highest BCUT2D eigenvalue weighted by molar-refractivity contribution is 7.99. The molecule has 228 valence electrons. The summed E-state index contributed by atoms with van der Waals surface area (Å²) in [6, 6.07) is 23.0. The Kier molecular flexibility index (Phi) is 7.14. The number of carbonyl (C=O) groups excluding carboxylic acids is 3. The van der Waals surface area contributed by atoms with E-state index in [9.17, 15) is 14.4 Å². The molecule has 9 rings (SSSR count). The minimum atomic E-state index is -0.716. The first kappa shape index (κ1) is 28.6. The largest absolute Gasteiger partial charge is 0.346 e. The van der Waals surface area contributed by atoms with E-state index < -0.39 is 17.8 Å². The van der Waals surface area contributed by atoms with Crippen LogP contribution in [0.4, 0.5) is 10.5 Å². The lowest BCUT2D eigenvalue weighted by Crippen LogP contribution is -2.54. The molecule has 1 N–H and O–H groups in total. The van der Waals surface area contributed by atoms with Gasteiger partial charge >= 0.3 is 6.03 Å². The van der Waals surface area contributed by atoms with Crippen LogP contribution in [0.1, 0.15) is 49.7 Å². The van der Waals surface area contributed by atoms with Crippen molar-refractivity contribution in [3.05, 3.63) is 101 Å². The van der Waals surface area contributed by atoms with Gasteiger partial charge in [0, 0.05) is 44.9 Å². The molecule has 0 radical (unpaired) electrons. The molecular formula is C37H34ClN3O3S. The van der Waals surface area contributed by atoms with Crippen molar-refractivity contribution in [1.82, 2.24) is 9.88 Å². The van der Waals surface area contributed by atoms with E-state index in [1.807, 2.05) is 66.9 Å². The summed E-state index contributed by atoms with van der Waals surface area (Å²) in [7, 11) is 0. The highest BCUT2D eigenvalue weighted by Gasteiger charge is 2.51. The number of thioether (sulfide) groups is 1. The predicted molar refractivity (Wildman–Crippen MR) is 179 cm³/mol. The number of halogens is 1. The number of nitrogens with one attached hydrogen (secondary N) is 1. The maximum absolute atomic E-state index is 13.8. The van der Waals surface area contributed by atoms with E-state index >= 15 is 0 Å². The van der Waals surface area contributed by atoms with E-state index in [2.05, 4.69) is 22.0 Å². The van der Waals surface area contributed by atoms with Gasteiger partial charge in [0.2, 0.25) is 0 Å². The molecule has 4 amide bonds. The highest BCUT2D eigenvalue weighted by Crippen LogP contribution is 2.60. The monoisotopic (exact) mass is 635 g/mol. The summed E-state index contributed by atoms with van der Waals surface area (Å²) in [5.41, 5.74) is 3.74. The zero-order valence-electron chi connectivity index (χ0n) is 24.9. The number of para-hydroxylation sites is 1. The number of hydrogen-bond donors (Lipinski definition) is 1. The number of rotatable bonds is 7. The van der Waals surface area contributed by atoms with E-state index in [-0.39, 0.29) is 11.0 Å². The Morgan fingerprint density at radius 1 is 0.867 bits per heavy atom. The molecule has 6 nitrogen and oxygen atoms in total. The zero-order chi connectivity index (χ0) is 30.7. The number of nitrogens with zero attached hydrogens (tertiary/aromatic N) is 2. The fourth-order valence-electron chi connectivity index (χ4n) is 8.84. The van der Waals surface area contributed by atoms with Gasteiger partial charge in [-0.1, -0.05) is 41.9 Å². The summed E-state index contributed by atoms with van der Waals surface area (Å²) in [6.45, 7) is 0.734. The van der Waals surface area contributed by atoms with Crippen molar-refractivity contribution in [1.29, 1.82) is 0 Å². The maximum Gasteiger partial charge on any atom is 0.335 e. The van der Waals surface area contributed by atoms with E-state index in [1.165, 1.54) is 44.1 Å². The van der Waals surface area contributed by atoms with Gasteiger partial charge in [0.05, 0.1) is 5.69 Å². The molecule has 5 aliphatic rings. The number of urea groups is 1. The lowest BCUT2D eigenvalue weighted by molar-refractivity contribution is -0.122. The van der Waals surface area contributed by atoms with Crippen LogP contribution in [-0.2, 0) is 21.5 Å². The van der Waals surface area contributed by atoms with Crippen molar-refractivity contribution in [3.63, 3.8) is 0 Å². The van der Waals surface area contributed by atoms with E-state index in [0.717, 1.165) is 56.3 Å². The Labute approximate surface area is 271 Å². The molecule has 4 bridgehead atoms. The molecule has 3 aromatic carbocycles. The van der Waals surface area contributed by atoms with Gasteiger partial charge in [-0.2, -0.15) is 0 Å². The topological polar surface area (TPSA) is 71.4 Å². The molecule has 0 spiro atoms. The molecule has 4 aliphatic carbocycles. The number of imide groups is 2. The molecule has 4 saturated carbocycles. The quantitative estimate of drug-likeness (QED) is 0.126. The second-order valence-electron chi connectivity index (χ2n) is 13.3. The fraction of sp³-hybridized carbons (Fsp3) is 0.324. The third-order valence-electron chi connectivity index (χ3n) is 10.4. The molecule has 2 heterocycles. The van der Waals surface area contributed by atoms with Crippen molar-refractivity contribution in [2.45, 2.75) is 55.4 Å². The number of amides is 4. The van der Waals surface area contributed by atoms with E-state index in [0.29, 0.717) is 10.7 Å². The first-order chi connectivity index (χ1) is 21.8. The lowest BCUT2D eigenvalue weighted by Gasteiger charge is -2.57. The number of aryl methyl sites for hydroxylation is 1. The number of carbonyl (C=O) groups is 3. The van der Waals surface area contributed by atoms with Gasteiger partial charge in [0.25, 0.3) is 11.8 Å². The number of hydrogen-bond acceptors (Lipinski definition) is 4. The van der Waals surface area contributed by atoms with Crippen LogP contribution in [0.2, 0.25) is 5.02 Å². The Bertz CT molecular complexity index is 1820. The summed E-state index contributed by atoms with van der Waals surface area (Å²) in [4.78, 5) is 42.1. The first-order valence-corrected chi connectivity index (χ1v) is 17.2. The molecule has 1 saturated heterocycles. The summed E-state index contributed by atoms with van der Waals surface area (Å²) in [5, 5.41) is 4.05. The van der Waals surface area contributed by atoms with Crippen molar-refractivity contribution >= 4 is 63.9 Å². The second kappa shape index (κ2) is 11.2. The van der Waals surface area contributed by atoms with Crippen molar-refractivity contribution < 1.29 is 14.4 Å². The van der Waals surface area contributed by atoms with Crippen LogP contribution in [0.15, 0.2) is 89.5 Å². The van der Waals surface area contributed by atoms with Gasteiger partial charge in [-0.05, 0) is 116 Å². The van der Waals surface area contributed by atoms with Crippen LogP contribution in [0, 0.1) is 17.8 Å². The average Bonchev–Trinajstić information content (AvgIpc) is 3.37. The van der Waals surface area contributed by atoms with Crippen LogP contribution >= 0.6 is 23.4 Å². The second-order valence-corrected chi connectivity index (χ2v) is 14.9. The van der Waals surface area contributed by atoms with E-state index in [4.69, 9.17) is 11.6 Å². The molecule has 8 heteroatoms. The smallest absolute Gasteiger partial charge is 0.335 e. The number of anilines is 1. The number of aromatic nitrogens is 1. The van der Waals surface area contributed by atoms with Gasteiger partial charge in [0.1, 0.15) is 5.57 Å². The first-order valence-electron chi connectivity index (χ1n) is 15.8. The minimum Gasteiger partial charge on any atom is -0.346 e. The van der Waals surface area contributed by atoms with Crippen molar-refractivity contribution in [2.75, 3.05) is 10.7 Å². The molecule has 1 aliphatic heterocycles.